The van der Waals surface area contributed by atoms with Crippen LogP contribution in [-0.2, 0) is 16.0 Å². The molecule has 1 rings (SSSR count). The van der Waals surface area contributed by atoms with E-state index < -0.39 is 12.0 Å². The molecule has 16 heavy (non-hydrogen) atoms. The first kappa shape index (κ1) is 14.9. The SMILES string of the molecule is COC(=O)[C@H](N)Cc1ccc(F)c(C)c1.Cl. The Morgan fingerprint density at radius 1 is 1.56 bits per heavy atom. The third-order valence-electron chi connectivity index (χ3n) is 2.18. The molecular weight excluding hydrogens is 233 g/mol. The lowest BCUT2D eigenvalue weighted by Gasteiger charge is -2.09. The van der Waals surface area contributed by atoms with E-state index in [0.29, 0.717) is 12.0 Å². The van der Waals surface area contributed by atoms with Gasteiger partial charge in [-0.05, 0) is 30.5 Å². The van der Waals surface area contributed by atoms with Gasteiger partial charge in [-0.2, -0.15) is 0 Å². The van der Waals surface area contributed by atoms with Gasteiger partial charge in [0.15, 0.2) is 0 Å². The van der Waals surface area contributed by atoms with Crippen LogP contribution in [-0.4, -0.2) is 19.1 Å². The summed E-state index contributed by atoms with van der Waals surface area (Å²) in [6.07, 6.45) is 0.355. The van der Waals surface area contributed by atoms with Crippen LogP contribution in [0.25, 0.3) is 0 Å². The van der Waals surface area contributed by atoms with Crippen LogP contribution in [0.3, 0.4) is 0 Å². The van der Waals surface area contributed by atoms with Crippen molar-refractivity contribution in [3.8, 4) is 0 Å². The van der Waals surface area contributed by atoms with Gasteiger partial charge in [-0.1, -0.05) is 12.1 Å². The molecule has 2 N–H and O–H groups in total. The fourth-order valence-electron chi connectivity index (χ4n) is 1.32. The molecule has 0 spiro atoms. The monoisotopic (exact) mass is 247 g/mol. The van der Waals surface area contributed by atoms with E-state index in [1.54, 1.807) is 19.1 Å². The van der Waals surface area contributed by atoms with Crippen LogP contribution < -0.4 is 5.73 Å². The van der Waals surface area contributed by atoms with Gasteiger partial charge in [-0.3, -0.25) is 4.79 Å². The molecule has 0 aliphatic rings. The Bertz CT molecular complexity index is 371. The van der Waals surface area contributed by atoms with E-state index in [0.717, 1.165) is 5.56 Å². The first-order valence-electron chi connectivity index (χ1n) is 4.63. The molecular formula is C11H15ClFNO2. The molecule has 0 aromatic heterocycles. The molecule has 0 saturated heterocycles. The van der Waals surface area contributed by atoms with Gasteiger partial charge in [-0.25, -0.2) is 4.39 Å². The summed E-state index contributed by atoms with van der Waals surface area (Å²) in [5.74, 6) is -0.720. The highest BCUT2D eigenvalue weighted by Crippen LogP contribution is 2.10. The summed E-state index contributed by atoms with van der Waals surface area (Å²) < 4.78 is 17.4. The van der Waals surface area contributed by atoms with Crippen molar-refractivity contribution in [3.05, 3.63) is 35.1 Å². The maximum absolute atomic E-state index is 12.9. The normalized spacial score (nSPS) is 11.5. The first-order valence-corrected chi connectivity index (χ1v) is 4.63. The van der Waals surface area contributed by atoms with Crippen molar-refractivity contribution in [2.75, 3.05) is 7.11 Å². The van der Waals surface area contributed by atoms with Crippen molar-refractivity contribution >= 4 is 18.4 Å². The Morgan fingerprint density at radius 3 is 2.69 bits per heavy atom. The number of hydrogen-bond donors (Lipinski definition) is 1. The van der Waals surface area contributed by atoms with Gasteiger partial charge in [0.05, 0.1) is 7.11 Å². The summed E-state index contributed by atoms with van der Waals surface area (Å²) in [6.45, 7) is 1.67. The summed E-state index contributed by atoms with van der Waals surface area (Å²) in [5, 5.41) is 0. The second kappa shape index (κ2) is 6.45. The number of benzene rings is 1. The number of ether oxygens (including phenoxy) is 1. The average molecular weight is 248 g/mol. The molecule has 0 radical (unpaired) electrons. The molecule has 1 atom stereocenters. The quantitative estimate of drug-likeness (QED) is 0.826. The van der Waals surface area contributed by atoms with Gasteiger partial charge in [0.25, 0.3) is 0 Å². The molecule has 90 valence electrons. The van der Waals surface area contributed by atoms with E-state index >= 15 is 0 Å². The highest BCUT2D eigenvalue weighted by atomic mass is 35.5. The zero-order valence-electron chi connectivity index (χ0n) is 9.20. The van der Waals surface area contributed by atoms with Crippen molar-refractivity contribution in [1.82, 2.24) is 0 Å². The Hall–Kier alpha value is -1.13. The number of methoxy groups -OCH3 is 1. The number of rotatable bonds is 3. The standard InChI is InChI=1S/C11H14FNO2.ClH/c1-7-5-8(3-4-9(7)12)6-10(13)11(14)15-2;/h3-5,10H,6,13H2,1-2H3;1H/t10-;/m1./s1. The van der Waals surface area contributed by atoms with Gasteiger partial charge < -0.3 is 10.5 Å². The van der Waals surface area contributed by atoms with Crippen molar-refractivity contribution in [2.45, 2.75) is 19.4 Å². The average Bonchev–Trinajstić information content (AvgIpc) is 2.22. The lowest BCUT2D eigenvalue weighted by Crippen LogP contribution is -2.33. The summed E-state index contributed by atoms with van der Waals surface area (Å²) in [6, 6.07) is 3.97. The van der Waals surface area contributed by atoms with Gasteiger partial charge in [0.2, 0.25) is 0 Å². The number of hydrogen-bond acceptors (Lipinski definition) is 3. The minimum atomic E-state index is -0.695. The van der Waals surface area contributed by atoms with Crippen molar-refractivity contribution in [2.24, 2.45) is 5.73 Å². The van der Waals surface area contributed by atoms with Gasteiger partial charge in [0.1, 0.15) is 11.9 Å². The Balaban J connectivity index is 0.00000225. The van der Waals surface area contributed by atoms with Crippen molar-refractivity contribution in [3.63, 3.8) is 0 Å². The van der Waals surface area contributed by atoms with Crippen LogP contribution >= 0.6 is 12.4 Å². The maximum Gasteiger partial charge on any atom is 0.322 e. The Kier molecular flexibility index (Phi) is 6.00. The second-order valence-electron chi connectivity index (χ2n) is 3.42. The van der Waals surface area contributed by atoms with Crippen LogP contribution in [0.4, 0.5) is 4.39 Å². The summed E-state index contributed by atoms with van der Waals surface area (Å²) in [5.41, 5.74) is 6.95. The number of carbonyl (C=O) groups excluding carboxylic acids is 1. The Morgan fingerprint density at radius 2 is 2.19 bits per heavy atom. The highest BCUT2D eigenvalue weighted by molar-refractivity contribution is 5.85. The van der Waals surface area contributed by atoms with Crippen molar-refractivity contribution < 1.29 is 13.9 Å². The number of esters is 1. The second-order valence-corrected chi connectivity index (χ2v) is 3.42. The van der Waals surface area contributed by atoms with Gasteiger partial charge in [-0.15, -0.1) is 12.4 Å². The summed E-state index contributed by atoms with van der Waals surface area (Å²) in [4.78, 5) is 11.0. The Labute approximate surface area is 100 Å². The zero-order chi connectivity index (χ0) is 11.4. The van der Waals surface area contributed by atoms with Crippen LogP contribution in [0, 0.1) is 12.7 Å². The third-order valence-corrected chi connectivity index (χ3v) is 2.18. The van der Waals surface area contributed by atoms with Crippen LogP contribution in [0.15, 0.2) is 18.2 Å². The molecule has 1 aromatic rings. The van der Waals surface area contributed by atoms with Gasteiger partial charge >= 0.3 is 5.97 Å². The summed E-state index contributed by atoms with van der Waals surface area (Å²) >= 11 is 0. The molecule has 5 heteroatoms. The molecule has 0 aliphatic carbocycles. The smallest absolute Gasteiger partial charge is 0.322 e. The van der Waals surface area contributed by atoms with E-state index in [2.05, 4.69) is 4.74 Å². The van der Waals surface area contributed by atoms with Crippen LogP contribution in [0.1, 0.15) is 11.1 Å². The van der Waals surface area contributed by atoms with E-state index in [9.17, 15) is 9.18 Å². The van der Waals surface area contributed by atoms with Crippen LogP contribution in [0.5, 0.6) is 0 Å². The number of aryl methyl sites for hydroxylation is 1. The molecule has 0 heterocycles. The topological polar surface area (TPSA) is 52.3 Å². The molecule has 0 aliphatic heterocycles. The molecule has 1 aromatic carbocycles. The van der Waals surface area contributed by atoms with Crippen molar-refractivity contribution in [1.29, 1.82) is 0 Å². The predicted octanol–water partition coefficient (Wildman–Crippen LogP) is 1.60. The number of carbonyl (C=O) groups is 1. The minimum Gasteiger partial charge on any atom is -0.468 e. The maximum atomic E-state index is 12.9. The predicted molar refractivity (Wildman–Crippen MR) is 62.1 cm³/mol. The molecule has 0 bridgehead atoms. The minimum absolute atomic E-state index is 0. The van der Waals surface area contributed by atoms with E-state index in [4.69, 9.17) is 5.73 Å². The number of nitrogens with two attached hydrogens (primary N) is 1. The molecule has 0 unspecified atom stereocenters. The van der Waals surface area contributed by atoms with E-state index in [1.165, 1.54) is 13.2 Å². The van der Waals surface area contributed by atoms with E-state index in [-0.39, 0.29) is 18.2 Å². The third kappa shape index (κ3) is 3.79. The lowest BCUT2D eigenvalue weighted by molar-refractivity contribution is -0.142. The fraction of sp³-hybridized carbons (Fsp3) is 0.364. The summed E-state index contributed by atoms with van der Waals surface area (Å²) in [7, 11) is 1.29. The molecule has 0 fully saturated rings. The first-order chi connectivity index (χ1) is 7.04. The van der Waals surface area contributed by atoms with E-state index in [1.807, 2.05) is 0 Å². The number of halogens is 2. The molecule has 0 saturated carbocycles. The van der Waals surface area contributed by atoms with Gasteiger partial charge in [0, 0.05) is 0 Å². The lowest BCUT2D eigenvalue weighted by atomic mass is 10.0. The fourth-order valence-corrected chi connectivity index (χ4v) is 1.32. The van der Waals surface area contributed by atoms with Crippen LogP contribution in [0.2, 0.25) is 0 Å². The highest BCUT2D eigenvalue weighted by Gasteiger charge is 2.14. The zero-order valence-corrected chi connectivity index (χ0v) is 10.0. The largest absolute Gasteiger partial charge is 0.468 e. The molecule has 0 amide bonds. The molecule has 3 nitrogen and oxygen atoms in total.